The van der Waals surface area contributed by atoms with E-state index in [9.17, 15) is 0 Å². The van der Waals surface area contributed by atoms with Gasteiger partial charge >= 0.3 is 0 Å². The molecule has 0 fully saturated rings. The Hall–Kier alpha value is -7.47. The van der Waals surface area contributed by atoms with Crippen molar-refractivity contribution in [1.29, 1.82) is 0 Å². The van der Waals surface area contributed by atoms with Crippen LogP contribution < -0.4 is 0 Å². The zero-order chi connectivity index (χ0) is 37.9. The third kappa shape index (κ3) is 4.59. The van der Waals surface area contributed by atoms with Crippen LogP contribution >= 0.6 is 11.3 Å². The molecule has 5 aromatic heterocycles. The second-order valence-electron chi connectivity index (χ2n) is 15.2. The van der Waals surface area contributed by atoms with Gasteiger partial charge in [-0.3, -0.25) is 4.57 Å². The van der Waals surface area contributed by atoms with E-state index in [2.05, 4.69) is 173 Å². The molecule has 0 aliphatic heterocycles. The minimum atomic E-state index is 0.919. The van der Waals surface area contributed by atoms with Gasteiger partial charge in [0.1, 0.15) is 16.8 Å². The molecule has 0 saturated carbocycles. The maximum atomic E-state index is 6.13. The van der Waals surface area contributed by atoms with Crippen LogP contribution in [0.25, 0.3) is 119 Å². The summed E-state index contributed by atoms with van der Waals surface area (Å²) in [4.78, 5) is 4.85. The molecule has 0 unspecified atom stereocenters. The van der Waals surface area contributed by atoms with Crippen molar-refractivity contribution in [3.8, 4) is 33.6 Å². The molecule has 8 aromatic carbocycles. The molecule has 0 radical (unpaired) electrons. The minimum Gasteiger partial charge on any atom is -0.456 e. The van der Waals surface area contributed by atoms with E-state index in [-0.39, 0.29) is 0 Å². The molecule has 13 rings (SSSR count). The number of fused-ring (bicyclic) bond motifs is 12. The van der Waals surface area contributed by atoms with Crippen molar-refractivity contribution in [1.82, 2.24) is 14.1 Å². The van der Waals surface area contributed by atoms with E-state index in [4.69, 9.17) is 9.40 Å². The highest BCUT2D eigenvalue weighted by atomic mass is 32.1. The molecule has 13 aromatic rings. The number of para-hydroxylation sites is 3. The maximum absolute atomic E-state index is 6.13. The SMILES string of the molecule is c1ccc(-n2c3ccc(-n4c5ccccc5c5cc(-c6ccc7sc8ccc(-c9ccc%10oc%11ccccc%11c%10c9)cc8c7c6)ccc54)cc3c3cccnc32)cc1. The lowest BCUT2D eigenvalue weighted by Crippen LogP contribution is -1.96. The number of pyridine rings is 1. The Morgan fingerprint density at radius 2 is 0.931 bits per heavy atom. The van der Waals surface area contributed by atoms with Gasteiger partial charge in [-0.1, -0.05) is 78.9 Å². The normalized spacial score (nSPS) is 12.1. The number of benzene rings is 8. The van der Waals surface area contributed by atoms with Gasteiger partial charge in [0.15, 0.2) is 0 Å². The first-order valence-electron chi connectivity index (χ1n) is 19.6. The summed E-state index contributed by atoms with van der Waals surface area (Å²) in [5.41, 5.74) is 13.4. The van der Waals surface area contributed by atoms with Crippen molar-refractivity contribution in [3.05, 3.63) is 188 Å². The predicted octanol–water partition coefficient (Wildman–Crippen LogP) is 14.9. The highest BCUT2D eigenvalue weighted by molar-refractivity contribution is 7.25. The lowest BCUT2D eigenvalue weighted by Gasteiger charge is -2.10. The first-order valence-corrected chi connectivity index (χ1v) is 20.4. The van der Waals surface area contributed by atoms with Crippen LogP contribution in [0.15, 0.2) is 193 Å². The van der Waals surface area contributed by atoms with Crippen molar-refractivity contribution in [2.45, 2.75) is 0 Å². The molecule has 5 heteroatoms. The number of aromatic nitrogens is 3. The van der Waals surface area contributed by atoms with E-state index < -0.39 is 0 Å². The Kier molecular flexibility index (Phi) is 6.57. The van der Waals surface area contributed by atoms with Crippen molar-refractivity contribution in [3.63, 3.8) is 0 Å². The van der Waals surface area contributed by atoms with Gasteiger partial charge in [-0.2, -0.15) is 0 Å². The van der Waals surface area contributed by atoms with Crippen molar-refractivity contribution in [2.24, 2.45) is 0 Å². The number of hydrogen-bond donors (Lipinski definition) is 0. The Morgan fingerprint density at radius 3 is 1.74 bits per heavy atom. The fourth-order valence-corrected chi connectivity index (χ4v) is 10.4. The predicted molar refractivity (Wildman–Crippen MR) is 244 cm³/mol. The third-order valence-corrected chi connectivity index (χ3v) is 13.1. The van der Waals surface area contributed by atoms with Crippen LogP contribution in [0, 0.1) is 0 Å². The number of furan rings is 1. The molecule has 0 amide bonds. The van der Waals surface area contributed by atoms with Gasteiger partial charge in [0, 0.05) is 70.1 Å². The highest BCUT2D eigenvalue weighted by Gasteiger charge is 2.18. The smallest absolute Gasteiger partial charge is 0.145 e. The van der Waals surface area contributed by atoms with Gasteiger partial charge in [0.25, 0.3) is 0 Å². The van der Waals surface area contributed by atoms with Crippen molar-refractivity contribution >= 4 is 97.2 Å². The monoisotopic (exact) mass is 757 g/mol. The van der Waals surface area contributed by atoms with Crippen LogP contribution in [-0.2, 0) is 0 Å². The second-order valence-corrected chi connectivity index (χ2v) is 16.2. The number of rotatable bonds is 4. The first-order chi connectivity index (χ1) is 28.7. The van der Waals surface area contributed by atoms with Crippen LogP contribution in [0.5, 0.6) is 0 Å². The average Bonchev–Trinajstić information content (AvgIpc) is 4.03. The average molecular weight is 758 g/mol. The molecule has 0 atom stereocenters. The fourth-order valence-electron chi connectivity index (χ4n) is 9.28. The zero-order valence-corrected chi connectivity index (χ0v) is 31.9. The summed E-state index contributed by atoms with van der Waals surface area (Å²) in [6.07, 6.45) is 1.88. The second kappa shape index (κ2) is 12.0. The van der Waals surface area contributed by atoms with Crippen molar-refractivity contribution < 1.29 is 4.42 Å². The molecule has 0 aliphatic carbocycles. The summed E-state index contributed by atoms with van der Waals surface area (Å²) in [7, 11) is 0. The van der Waals surface area contributed by atoms with Crippen LogP contribution in [-0.4, -0.2) is 14.1 Å². The van der Waals surface area contributed by atoms with Gasteiger partial charge in [-0.25, -0.2) is 4.98 Å². The Bertz CT molecular complexity index is 3810. The van der Waals surface area contributed by atoms with Gasteiger partial charge in [0.05, 0.1) is 16.6 Å². The van der Waals surface area contributed by atoms with Gasteiger partial charge in [0.2, 0.25) is 0 Å². The molecule has 4 nitrogen and oxygen atoms in total. The molecule has 58 heavy (non-hydrogen) atoms. The molecule has 0 aliphatic rings. The summed E-state index contributed by atoms with van der Waals surface area (Å²) in [5, 5.41) is 9.67. The quantitative estimate of drug-likeness (QED) is 0.179. The zero-order valence-electron chi connectivity index (χ0n) is 31.1. The summed E-state index contributed by atoms with van der Waals surface area (Å²) in [6, 6.07) is 66.0. The van der Waals surface area contributed by atoms with E-state index in [0.29, 0.717) is 0 Å². The standard InChI is InChI=1S/C53H31N3OS/c1-2-9-36(10-3-1)56-48-22-20-37(31-42(48)40-13-8-26-54-53(40)56)55-46-14-6-4-11-38(46)41-27-32(16-21-47(41)55)34-18-24-51-44(29-34)45-30-35(19-25-52(45)58-51)33-17-23-50-43(28-33)39-12-5-7-15-49(39)57-50/h1-31H. The van der Waals surface area contributed by atoms with Crippen LogP contribution in [0.3, 0.4) is 0 Å². The minimum absolute atomic E-state index is 0.919. The van der Waals surface area contributed by atoms with Crippen molar-refractivity contribution in [2.75, 3.05) is 0 Å². The molecular formula is C53H31N3OS. The Morgan fingerprint density at radius 1 is 0.362 bits per heavy atom. The van der Waals surface area contributed by atoms with E-state index in [1.54, 1.807) is 0 Å². The third-order valence-electron chi connectivity index (χ3n) is 12.0. The summed E-state index contributed by atoms with van der Waals surface area (Å²) in [6.45, 7) is 0. The van der Waals surface area contributed by atoms with Crippen LogP contribution in [0.1, 0.15) is 0 Å². The summed E-state index contributed by atoms with van der Waals surface area (Å²) in [5.74, 6) is 0. The van der Waals surface area contributed by atoms with Gasteiger partial charge in [-0.15, -0.1) is 11.3 Å². The van der Waals surface area contributed by atoms with Crippen LogP contribution in [0.2, 0.25) is 0 Å². The molecule has 270 valence electrons. The number of nitrogens with zero attached hydrogens (tertiary/aromatic N) is 3. The maximum Gasteiger partial charge on any atom is 0.145 e. The highest BCUT2D eigenvalue weighted by Crippen LogP contribution is 2.42. The summed E-state index contributed by atoms with van der Waals surface area (Å²) < 4.78 is 13.4. The van der Waals surface area contributed by atoms with Crippen LogP contribution in [0.4, 0.5) is 0 Å². The molecule has 0 saturated heterocycles. The van der Waals surface area contributed by atoms with Gasteiger partial charge in [-0.05, 0) is 125 Å². The Balaban J connectivity index is 0.941. The van der Waals surface area contributed by atoms with E-state index in [0.717, 1.165) is 49.9 Å². The molecule has 0 spiro atoms. The molecular weight excluding hydrogens is 727 g/mol. The topological polar surface area (TPSA) is 35.9 Å². The molecule has 0 N–H and O–H groups in total. The summed E-state index contributed by atoms with van der Waals surface area (Å²) >= 11 is 1.86. The lowest BCUT2D eigenvalue weighted by molar-refractivity contribution is 0.669. The van der Waals surface area contributed by atoms with Gasteiger partial charge < -0.3 is 8.98 Å². The van der Waals surface area contributed by atoms with E-state index in [1.165, 1.54) is 69.6 Å². The Labute approximate surface area is 336 Å². The van der Waals surface area contributed by atoms with E-state index >= 15 is 0 Å². The molecule has 0 bridgehead atoms. The molecule has 5 heterocycles. The fraction of sp³-hybridized carbons (Fsp3) is 0. The number of thiophene rings is 1. The van der Waals surface area contributed by atoms with E-state index in [1.807, 2.05) is 35.7 Å². The lowest BCUT2D eigenvalue weighted by atomic mass is 9.98. The number of hydrogen-bond acceptors (Lipinski definition) is 3. The largest absolute Gasteiger partial charge is 0.456 e. The first kappa shape index (κ1) is 31.7.